The molecular weight excluding hydrogens is 392 g/mol. The van der Waals surface area contributed by atoms with E-state index in [1.807, 2.05) is 49.6 Å². The molecule has 3 heterocycles. The topological polar surface area (TPSA) is 51.0 Å². The number of allylic oxidation sites excluding steroid dienone is 6. The summed E-state index contributed by atoms with van der Waals surface area (Å²) in [5.41, 5.74) is 7.82. The third kappa shape index (κ3) is 5.52. The molecule has 3 aromatic heterocycles. The molecular formula is C28H28N4. The van der Waals surface area contributed by atoms with Crippen LogP contribution in [0.5, 0.6) is 0 Å². The SMILES string of the molecule is CC(CC1=C/C=C(c2ccnc(C)c2)C(C)C\C=C\1)=Nc1ccc(-c2ccccn2)cn1. The Labute approximate surface area is 190 Å². The summed E-state index contributed by atoms with van der Waals surface area (Å²) in [4.78, 5) is 17.9. The van der Waals surface area contributed by atoms with Gasteiger partial charge in [0.2, 0.25) is 0 Å². The number of hydrogen-bond donors (Lipinski definition) is 0. The Balaban J connectivity index is 1.51. The number of rotatable bonds is 5. The molecule has 0 aliphatic heterocycles. The standard InChI is InChI=1S/C28H28N4/c1-20-7-6-8-23(10-12-26(20)24-14-16-29-21(2)18-24)17-22(3)32-28-13-11-25(19-31-28)27-9-4-5-15-30-27/h4-6,8-16,18-20H,7,17H2,1-3H3/b8-6+,23-10+,26-12?,32-22?. The summed E-state index contributed by atoms with van der Waals surface area (Å²) in [7, 11) is 0. The molecule has 4 nitrogen and oxygen atoms in total. The van der Waals surface area contributed by atoms with Crippen molar-refractivity contribution in [1.82, 2.24) is 15.0 Å². The van der Waals surface area contributed by atoms with Gasteiger partial charge in [-0.2, -0.15) is 0 Å². The summed E-state index contributed by atoms with van der Waals surface area (Å²) in [6.45, 7) is 6.37. The molecule has 0 bridgehead atoms. The first-order valence-electron chi connectivity index (χ1n) is 11.0. The van der Waals surface area contributed by atoms with Gasteiger partial charge in [0.05, 0.1) is 5.69 Å². The van der Waals surface area contributed by atoms with E-state index in [0.717, 1.165) is 41.3 Å². The normalized spacial score (nSPS) is 19.3. The van der Waals surface area contributed by atoms with Crippen molar-refractivity contribution in [3.63, 3.8) is 0 Å². The summed E-state index contributed by atoms with van der Waals surface area (Å²) in [5, 5.41) is 0. The van der Waals surface area contributed by atoms with Crippen LogP contribution in [0.2, 0.25) is 0 Å². The van der Waals surface area contributed by atoms with Crippen LogP contribution in [-0.4, -0.2) is 20.7 Å². The molecule has 0 fully saturated rings. The van der Waals surface area contributed by atoms with Gasteiger partial charge >= 0.3 is 0 Å². The number of pyridine rings is 3. The summed E-state index contributed by atoms with van der Waals surface area (Å²) in [5.74, 6) is 1.18. The van der Waals surface area contributed by atoms with Crippen LogP contribution < -0.4 is 0 Å². The van der Waals surface area contributed by atoms with Gasteiger partial charge in [-0.15, -0.1) is 0 Å². The summed E-state index contributed by atoms with van der Waals surface area (Å²) >= 11 is 0. The van der Waals surface area contributed by atoms with Gasteiger partial charge in [-0.1, -0.05) is 37.3 Å². The van der Waals surface area contributed by atoms with Crippen molar-refractivity contribution in [1.29, 1.82) is 0 Å². The molecule has 4 heteroatoms. The molecule has 0 N–H and O–H groups in total. The maximum Gasteiger partial charge on any atom is 0.151 e. The van der Waals surface area contributed by atoms with Crippen LogP contribution in [0.4, 0.5) is 5.82 Å². The van der Waals surface area contributed by atoms with Gasteiger partial charge in [-0.25, -0.2) is 9.98 Å². The average Bonchev–Trinajstić information content (AvgIpc) is 2.79. The van der Waals surface area contributed by atoms with Crippen molar-refractivity contribution in [2.24, 2.45) is 10.9 Å². The smallest absolute Gasteiger partial charge is 0.151 e. The molecule has 0 amide bonds. The first-order valence-corrected chi connectivity index (χ1v) is 11.0. The lowest BCUT2D eigenvalue weighted by Crippen LogP contribution is -2.01. The van der Waals surface area contributed by atoms with Crippen molar-refractivity contribution in [3.8, 4) is 11.3 Å². The maximum absolute atomic E-state index is 4.73. The van der Waals surface area contributed by atoms with Gasteiger partial charge in [-0.05, 0) is 79.3 Å². The van der Waals surface area contributed by atoms with E-state index < -0.39 is 0 Å². The van der Waals surface area contributed by atoms with Crippen LogP contribution >= 0.6 is 0 Å². The number of aliphatic imine (C=N–C) groups is 1. The lowest BCUT2D eigenvalue weighted by atomic mass is 9.89. The number of nitrogens with zero attached hydrogens (tertiary/aromatic N) is 4. The minimum absolute atomic E-state index is 0.461. The second kappa shape index (κ2) is 10.1. The molecule has 3 aromatic rings. The van der Waals surface area contributed by atoms with Crippen LogP contribution in [0.15, 0.2) is 95.9 Å². The third-order valence-corrected chi connectivity index (χ3v) is 5.53. The zero-order valence-corrected chi connectivity index (χ0v) is 18.9. The second-order valence-corrected chi connectivity index (χ2v) is 8.23. The van der Waals surface area contributed by atoms with E-state index in [2.05, 4.69) is 65.2 Å². The zero-order chi connectivity index (χ0) is 22.3. The van der Waals surface area contributed by atoms with E-state index in [0.29, 0.717) is 5.92 Å². The van der Waals surface area contributed by atoms with E-state index in [-0.39, 0.29) is 0 Å². The monoisotopic (exact) mass is 420 g/mol. The first kappa shape index (κ1) is 21.6. The van der Waals surface area contributed by atoms with Gasteiger partial charge in [-0.3, -0.25) is 9.97 Å². The predicted octanol–water partition coefficient (Wildman–Crippen LogP) is 6.94. The average molecular weight is 421 g/mol. The first-order chi connectivity index (χ1) is 15.6. The highest BCUT2D eigenvalue weighted by Crippen LogP contribution is 2.29. The van der Waals surface area contributed by atoms with Crippen molar-refractivity contribution in [3.05, 3.63) is 102 Å². The van der Waals surface area contributed by atoms with Gasteiger partial charge < -0.3 is 0 Å². The van der Waals surface area contributed by atoms with Crippen molar-refractivity contribution < 1.29 is 0 Å². The Morgan fingerprint density at radius 3 is 2.66 bits per heavy atom. The molecule has 0 saturated carbocycles. The Hall–Kier alpha value is -3.66. The van der Waals surface area contributed by atoms with E-state index >= 15 is 0 Å². The summed E-state index contributed by atoms with van der Waals surface area (Å²) in [6, 6.07) is 14.1. The minimum atomic E-state index is 0.461. The van der Waals surface area contributed by atoms with Crippen molar-refractivity contribution in [2.75, 3.05) is 0 Å². The number of aryl methyl sites for hydroxylation is 1. The van der Waals surface area contributed by atoms with E-state index in [1.165, 1.54) is 16.7 Å². The van der Waals surface area contributed by atoms with E-state index in [4.69, 9.17) is 4.99 Å². The van der Waals surface area contributed by atoms with Crippen LogP contribution in [-0.2, 0) is 0 Å². The zero-order valence-electron chi connectivity index (χ0n) is 18.9. The second-order valence-electron chi connectivity index (χ2n) is 8.23. The largest absolute Gasteiger partial charge is 0.262 e. The van der Waals surface area contributed by atoms with Gasteiger partial charge in [0, 0.05) is 42.0 Å². The molecule has 4 rings (SSSR count). The summed E-state index contributed by atoms with van der Waals surface area (Å²) in [6.07, 6.45) is 16.3. The lowest BCUT2D eigenvalue weighted by Gasteiger charge is -2.17. The van der Waals surface area contributed by atoms with Gasteiger partial charge in [0.25, 0.3) is 0 Å². The maximum atomic E-state index is 4.73. The van der Waals surface area contributed by atoms with Crippen LogP contribution in [0.1, 0.15) is 37.9 Å². The lowest BCUT2D eigenvalue weighted by molar-refractivity contribution is 0.763. The van der Waals surface area contributed by atoms with Crippen molar-refractivity contribution >= 4 is 17.1 Å². The number of hydrogen-bond acceptors (Lipinski definition) is 4. The molecule has 0 aromatic carbocycles. The molecule has 0 radical (unpaired) electrons. The van der Waals surface area contributed by atoms with Gasteiger partial charge in [0.1, 0.15) is 0 Å². The minimum Gasteiger partial charge on any atom is -0.262 e. The van der Waals surface area contributed by atoms with E-state index in [1.54, 1.807) is 6.20 Å². The van der Waals surface area contributed by atoms with Crippen molar-refractivity contribution in [2.45, 2.75) is 33.6 Å². The van der Waals surface area contributed by atoms with Crippen LogP contribution in [0.25, 0.3) is 16.8 Å². The predicted molar refractivity (Wildman–Crippen MR) is 133 cm³/mol. The molecule has 1 aliphatic rings. The molecule has 0 saturated heterocycles. The molecule has 1 aliphatic carbocycles. The fourth-order valence-corrected chi connectivity index (χ4v) is 3.86. The fourth-order valence-electron chi connectivity index (χ4n) is 3.86. The number of aromatic nitrogens is 3. The third-order valence-electron chi connectivity index (χ3n) is 5.53. The highest BCUT2D eigenvalue weighted by Gasteiger charge is 2.12. The Morgan fingerprint density at radius 2 is 1.91 bits per heavy atom. The highest BCUT2D eigenvalue weighted by atomic mass is 14.9. The molecule has 32 heavy (non-hydrogen) atoms. The van der Waals surface area contributed by atoms with Crippen LogP contribution in [0.3, 0.4) is 0 Å². The highest BCUT2D eigenvalue weighted by molar-refractivity contribution is 5.87. The van der Waals surface area contributed by atoms with E-state index in [9.17, 15) is 0 Å². The Kier molecular flexibility index (Phi) is 6.81. The molecule has 160 valence electrons. The van der Waals surface area contributed by atoms with Gasteiger partial charge in [0.15, 0.2) is 5.82 Å². The quantitative estimate of drug-likeness (QED) is 0.420. The Morgan fingerprint density at radius 1 is 1.00 bits per heavy atom. The molecule has 1 atom stereocenters. The van der Waals surface area contributed by atoms with Crippen LogP contribution in [0, 0.1) is 12.8 Å². The Bertz CT molecular complexity index is 1190. The molecule has 0 spiro atoms. The summed E-state index contributed by atoms with van der Waals surface area (Å²) < 4.78 is 0. The fraction of sp³-hybridized carbons (Fsp3) is 0.214. The molecule has 1 unspecified atom stereocenters.